The lowest BCUT2D eigenvalue weighted by atomic mass is 9.66. The van der Waals surface area contributed by atoms with Crippen molar-refractivity contribution in [2.45, 2.75) is 62.7 Å². The molecule has 3 aliphatic carbocycles. The summed E-state index contributed by atoms with van der Waals surface area (Å²) in [5.41, 5.74) is 3.82. The highest BCUT2D eigenvalue weighted by molar-refractivity contribution is 7.80. The Morgan fingerprint density at radius 1 is 1.20 bits per heavy atom. The first kappa shape index (κ1) is 16.0. The van der Waals surface area contributed by atoms with Crippen LogP contribution < -0.4 is 10.6 Å². The van der Waals surface area contributed by atoms with Crippen molar-refractivity contribution in [2.24, 2.45) is 5.41 Å². The minimum Gasteiger partial charge on any atom is -0.381 e. The van der Waals surface area contributed by atoms with Gasteiger partial charge in [-0.05, 0) is 74.2 Å². The fraction of sp³-hybridized carbons (Fsp3) is 0.650. The van der Waals surface area contributed by atoms with E-state index in [1.165, 1.54) is 29.5 Å². The molecule has 0 radical (unpaired) electrons. The SMILES string of the molecule is COC1CCC2(CC1)Cc1ccc(C3CC3)cc1C21NC(=S)NCO1. The van der Waals surface area contributed by atoms with Gasteiger partial charge in [-0.15, -0.1) is 0 Å². The van der Waals surface area contributed by atoms with Crippen LogP contribution in [0.3, 0.4) is 0 Å². The summed E-state index contributed by atoms with van der Waals surface area (Å²) in [6, 6.07) is 7.09. The Labute approximate surface area is 154 Å². The largest absolute Gasteiger partial charge is 0.381 e. The summed E-state index contributed by atoms with van der Waals surface area (Å²) in [6.45, 7) is 0.481. The predicted molar refractivity (Wildman–Crippen MR) is 100 cm³/mol. The molecule has 134 valence electrons. The molecule has 5 heteroatoms. The zero-order valence-electron chi connectivity index (χ0n) is 14.8. The van der Waals surface area contributed by atoms with Crippen molar-refractivity contribution < 1.29 is 9.47 Å². The van der Waals surface area contributed by atoms with Gasteiger partial charge >= 0.3 is 0 Å². The van der Waals surface area contributed by atoms with Gasteiger partial charge in [0.2, 0.25) is 0 Å². The smallest absolute Gasteiger partial charge is 0.175 e. The fourth-order valence-corrected chi connectivity index (χ4v) is 5.51. The van der Waals surface area contributed by atoms with E-state index in [2.05, 4.69) is 28.8 Å². The van der Waals surface area contributed by atoms with Gasteiger partial charge in [0.25, 0.3) is 0 Å². The Bertz CT molecular complexity index is 710. The van der Waals surface area contributed by atoms with Gasteiger partial charge in [0.05, 0.1) is 6.10 Å². The van der Waals surface area contributed by atoms with Gasteiger partial charge < -0.3 is 20.1 Å². The molecule has 1 aromatic carbocycles. The summed E-state index contributed by atoms with van der Waals surface area (Å²) in [7, 11) is 1.83. The molecular weight excluding hydrogens is 332 g/mol. The number of benzene rings is 1. The number of ether oxygens (including phenoxy) is 2. The number of thiocarbonyl (C=S) groups is 1. The monoisotopic (exact) mass is 358 g/mol. The van der Waals surface area contributed by atoms with Crippen LogP contribution in [0, 0.1) is 5.41 Å². The maximum atomic E-state index is 6.49. The van der Waals surface area contributed by atoms with Crippen molar-refractivity contribution >= 4 is 17.3 Å². The lowest BCUT2D eigenvalue weighted by molar-refractivity contribution is -0.177. The minimum atomic E-state index is -0.478. The molecule has 1 unspecified atom stereocenters. The molecule has 3 fully saturated rings. The van der Waals surface area contributed by atoms with Crippen LogP contribution >= 0.6 is 12.2 Å². The van der Waals surface area contributed by atoms with Gasteiger partial charge in [-0.25, -0.2) is 0 Å². The van der Waals surface area contributed by atoms with Crippen LogP contribution in [0.1, 0.15) is 61.1 Å². The van der Waals surface area contributed by atoms with Crippen LogP contribution in [0.25, 0.3) is 0 Å². The second-order valence-corrected chi connectivity index (χ2v) is 8.59. The molecule has 1 aliphatic heterocycles. The number of methoxy groups -OCH3 is 1. The number of rotatable bonds is 2. The number of hydrogen-bond acceptors (Lipinski definition) is 3. The topological polar surface area (TPSA) is 42.5 Å². The van der Waals surface area contributed by atoms with Gasteiger partial charge in [0, 0.05) is 18.1 Å². The van der Waals surface area contributed by atoms with Crippen LogP contribution in [-0.4, -0.2) is 25.1 Å². The van der Waals surface area contributed by atoms with E-state index in [0.717, 1.165) is 38.0 Å². The number of nitrogens with one attached hydrogen (secondary N) is 2. The van der Waals surface area contributed by atoms with Crippen molar-refractivity contribution in [3.63, 3.8) is 0 Å². The average Bonchev–Trinajstić information content (AvgIpc) is 3.44. The zero-order valence-corrected chi connectivity index (χ0v) is 15.6. The fourth-order valence-electron chi connectivity index (χ4n) is 5.31. The third kappa shape index (κ3) is 2.36. The molecule has 2 saturated carbocycles. The van der Waals surface area contributed by atoms with Gasteiger partial charge in [-0.2, -0.15) is 0 Å². The maximum Gasteiger partial charge on any atom is 0.175 e. The summed E-state index contributed by atoms with van der Waals surface area (Å²) in [5, 5.41) is 7.43. The minimum absolute atomic E-state index is 0.0682. The third-order valence-electron chi connectivity index (χ3n) is 6.87. The quantitative estimate of drug-likeness (QED) is 0.794. The summed E-state index contributed by atoms with van der Waals surface area (Å²) < 4.78 is 12.1. The standard InChI is InChI=1S/C20H26N2O2S/c1-23-16-6-8-19(9-7-16)11-15-5-4-14(13-2-3-13)10-17(15)20(19)22-18(25)21-12-24-20/h4-5,10,13,16H,2-3,6-9,11-12H2,1H3,(H2,21,22,25). The Morgan fingerprint density at radius 3 is 2.68 bits per heavy atom. The molecule has 4 aliphatic rings. The molecule has 0 aromatic heterocycles. The summed E-state index contributed by atoms with van der Waals surface area (Å²) >= 11 is 5.51. The number of hydrogen-bond donors (Lipinski definition) is 2. The molecule has 0 bridgehead atoms. The van der Waals surface area contributed by atoms with Gasteiger partial charge in [-0.3, -0.25) is 0 Å². The Balaban J connectivity index is 1.59. The molecule has 4 nitrogen and oxygen atoms in total. The van der Waals surface area contributed by atoms with Crippen LogP contribution in [0.4, 0.5) is 0 Å². The first-order valence-corrected chi connectivity index (χ1v) is 9.93. The molecule has 25 heavy (non-hydrogen) atoms. The molecule has 1 aromatic rings. The molecule has 2 spiro atoms. The highest BCUT2D eigenvalue weighted by atomic mass is 32.1. The van der Waals surface area contributed by atoms with Crippen LogP contribution in [0.2, 0.25) is 0 Å². The molecule has 1 saturated heterocycles. The normalized spacial score (nSPS) is 37.0. The lowest BCUT2D eigenvalue weighted by Gasteiger charge is -2.51. The van der Waals surface area contributed by atoms with Gasteiger partial charge in [0.15, 0.2) is 10.8 Å². The van der Waals surface area contributed by atoms with Crippen molar-refractivity contribution in [1.82, 2.24) is 10.6 Å². The Hall–Kier alpha value is -1.17. The second-order valence-electron chi connectivity index (χ2n) is 8.18. The second kappa shape index (κ2) is 5.66. The summed E-state index contributed by atoms with van der Waals surface area (Å²) in [4.78, 5) is 0. The molecule has 2 N–H and O–H groups in total. The maximum absolute atomic E-state index is 6.49. The van der Waals surface area contributed by atoms with Crippen LogP contribution in [-0.2, 0) is 21.6 Å². The zero-order chi connectivity index (χ0) is 17.1. The van der Waals surface area contributed by atoms with Gasteiger partial charge in [0.1, 0.15) is 6.73 Å². The van der Waals surface area contributed by atoms with E-state index in [1.807, 2.05) is 7.11 Å². The molecule has 1 heterocycles. The van der Waals surface area contributed by atoms with Gasteiger partial charge in [-0.1, -0.05) is 18.2 Å². The van der Waals surface area contributed by atoms with E-state index < -0.39 is 5.72 Å². The van der Waals surface area contributed by atoms with E-state index in [4.69, 9.17) is 21.7 Å². The van der Waals surface area contributed by atoms with Crippen LogP contribution in [0.5, 0.6) is 0 Å². The summed E-state index contributed by atoms with van der Waals surface area (Å²) in [6.07, 6.45) is 8.48. The highest BCUT2D eigenvalue weighted by Crippen LogP contribution is 2.59. The van der Waals surface area contributed by atoms with Crippen molar-refractivity contribution in [1.29, 1.82) is 0 Å². The first-order valence-electron chi connectivity index (χ1n) is 9.52. The Kier molecular flexibility index (Phi) is 3.63. The van der Waals surface area contributed by atoms with E-state index in [1.54, 1.807) is 0 Å². The molecule has 5 rings (SSSR count). The molecular formula is C20H26N2O2S. The van der Waals surface area contributed by atoms with E-state index in [0.29, 0.717) is 17.9 Å². The lowest BCUT2D eigenvalue weighted by Crippen LogP contribution is -2.64. The van der Waals surface area contributed by atoms with E-state index in [9.17, 15) is 0 Å². The number of fused-ring (bicyclic) bond motifs is 3. The summed E-state index contributed by atoms with van der Waals surface area (Å²) in [5.74, 6) is 0.747. The van der Waals surface area contributed by atoms with Crippen molar-refractivity contribution in [2.75, 3.05) is 13.8 Å². The third-order valence-corrected chi connectivity index (χ3v) is 7.12. The first-order chi connectivity index (χ1) is 12.2. The van der Waals surface area contributed by atoms with Crippen molar-refractivity contribution in [3.8, 4) is 0 Å². The molecule has 1 atom stereocenters. The van der Waals surface area contributed by atoms with E-state index >= 15 is 0 Å². The van der Waals surface area contributed by atoms with Crippen molar-refractivity contribution in [3.05, 3.63) is 34.9 Å². The van der Waals surface area contributed by atoms with Crippen LogP contribution in [0.15, 0.2) is 18.2 Å². The average molecular weight is 359 g/mol. The Morgan fingerprint density at radius 2 is 2.00 bits per heavy atom. The molecule has 0 amide bonds. The highest BCUT2D eigenvalue weighted by Gasteiger charge is 2.61. The van der Waals surface area contributed by atoms with E-state index in [-0.39, 0.29) is 5.41 Å². The predicted octanol–water partition coefficient (Wildman–Crippen LogP) is 3.30.